The van der Waals surface area contributed by atoms with Crippen LogP contribution < -0.4 is 10.1 Å². The molecule has 8 heteroatoms. The molecule has 29 heavy (non-hydrogen) atoms. The van der Waals surface area contributed by atoms with Gasteiger partial charge in [-0.05, 0) is 43.2 Å². The molecule has 156 valence electrons. The van der Waals surface area contributed by atoms with E-state index in [1.807, 2.05) is 24.0 Å². The average molecular weight is 400 g/mol. The Kier molecular flexibility index (Phi) is 6.99. The molecule has 0 radical (unpaired) electrons. The Labute approximate surface area is 170 Å². The molecule has 1 saturated heterocycles. The molecule has 0 atom stereocenters. The highest BCUT2D eigenvalue weighted by atomic mass is 16.5. The summed E-state index contributed by atoms with van der Waals surface area (Å²) in [6.45, 7) is 6.10. The van der Waals surface area contributed by atoms with Crippen LogP contribution in [0.15, 0.2) is 46.0 Å². The number of piperazine rings is 1. The number of benzene rings is 1. The highest BCUT2D eigenvalue weighted by Gasteiger charge is 2.25. The first-order chi connectivity index (χ1) is 14.1. The van der Waals surface area contributed by atoms with E-state index in [-0.39, 0.29) is 11.7 Å². The van der Waals surface area contributed by atoms with Crippen LogP contribution in [0, 0.1) is 0 Å². The first-order valence-corrected chi connectivity index (χ1v) is 9.84. The summed E-state index contributed by atoms with van der Waals surface area (Å²) in [5, 5.41) is 13.0. The maximum absolute atomic E-state index is 12.4. The molecule has 2 N–H and O–H groups in total. The van der Waals surface area contributed by atoms with Gasteiger partial charge in [0.15, 0.2) is 23.2 Å². The van der Waals surface area contributed by atoms with Gasteiger partial charge in [0.05, 0.1) is 13.4 Å². The fourth-order valence-corrected chi connectivity index (χ4v) is 3.27. The molecule has 1 aliphatic rings. The molecule has 2 aromatic rings. The third kappa shape index (κ3) is 5.22. The summed E-state index contributed by atoms with van der Waals surface area (Å²) in [6, 6.07) is 8.76. The molecule has 0 aliphatic carbocycles. The molecular weight excluding hydrogens is 372 g/mol. The SMILES string of the molecule is CCNC(=NCCc1ccc(O)c(OC)c1)N1CCN(C(=O)c2ccco2)CC1. The van der Waals surface area contributed by atoms with Gasteiger partial charge in [-0.1, -0.05) is 6.07 Å². The van der Waals surface area contributed by atoms with E-state index < -0.39 is 0 Å². The number of nitrogens with one attached hydrogen (secondary N) is 1. The Bertz CT molecular complexity index is 827. The molecule has 1 aliphatic heterocycles. The molecule has 1 amide bonds. The number of carbonyl (C=O) groups is 1. The van der Waals surface area contributed by atoms with Crippen LogP contribution in [0.5, 0.6) is 11.5 Å². The summed E-state index contributed by atoms with van der Waals surface area (Å²) >= 11 is 0. The number of aromatic hydroxyl groups is 1. The molecule has 1 aromatic heterocycles. The minimum atomic E-state index is -0.0714. The number of furan rings is 1. The van der Waals surface area contributed by atoms with Gasteiger partial charge in [0.25, 0.3) is 5.91 Å². The van der Waals surface area contributed by atoms with E-state index in [2.05, 4.69) is 10.2 Å². The van der Waals surface area contributed by atoms with E-state index in [4.69, 9.17) is 14.1 Å². The van der Waals surface area contributed by atoms with E-state index in [9.17, 15) is 9.90 Å². The van der Waals surface area contributed by atoms with Crippen LogP contribution in [0.2, 0.25) is 0 Å². The maximum atomic E-state index is 12.4. The summed E-state index contributed by atoms with van der Waals surface area (Å²) in [7, 11) is 1.54. The maximum Gasteiger partial charge on any atom is 0.289 e. The van der Waals surface area contributed by atoms with Crippen LogP contribution in [0.4, 0.5) is 0 Å². The first-order valence-electron chi connectivity index (χ1n) is 9.84. The number of guanidine groups is 1. The summed E-state index contributed by atoms with van der Waals surface area (Å²) in [4.78, 5) is 21.1. The molecule has 0 bridgehead atoms. The molecular formula is C21H28N4O4. The zero-order valence-electron chi connectivity index (χ0n) is 16.9. The molecule has 1 aromatic carbocycles. The van der Waals surface area contributed by atoms with Gasteiger partial charge in [-0.25, -0.2) is 0 Å². The average Bonchev–Trinajstić information content (AvgIpc) is 3.29. The molecule has 0 spiro atoms. The van der Waals surface area contributed by atoms with E-state index in [1.54, 1.807) is 18.2 Å². The molecule has 3 rings (SSSR count). The smallest absolute Gasteiger partial charge is 0.289 e. The Morgan fingerprint density at radius 2 is 2.00 bits per heavy atom. The van der Waals surface area contributed by atoms with Gasteiger partial charge in [0.2, 0.25) is 0 Å². The van der Waals surface area contributed by atoms with E-state index in [0.29, 0.717) is 44.2 Å². The third-order valence-electron chi connectivity index (χ3n) is 4.84. The lowest BCUT2D eigenvalue weighted by atomic mass is 10.1. The number of phenolic OH excluding ortho intramolecular Hbond substituents is 1. The third-order valence-corrected chi connectivity index (χ3v) is 4.84. The normalized spacial score (nSPS) is 14.8. The number of carbonyl (C=O) groups excluding carboxylic acids is 1. The minimum absolute atomic E-state index is 0.0714. The van der Waals surface area contributed by atoms with Crippen LogP contribution in [0.25, 0.3) is 0 Å². The number of hydrogen-bond donors (Lipinski definition) is 2. The topological polar surface area (TPSA) is 90.5 Å². The van der Waals surface area contributed by atoms with Crippen molar-refractivity contribution in [2.75, 3.05) is 46.4 Å². The Morgan fingerprint density at radius 1 is 1.24 bits per heavy atom. The number of phenols is 1. The number of rotatable bonds is 6. The minimum Gasteiger partial charge on any atom is -0.504 e. The number of amides is 1. The predicted molar refractivity (Wildman–Crippen MR) is 111 cm³/mol. The molecule has 1 fully saturated rings. The van der Waals surface area contributed by atoms with E-state index in [0.717, 1.165) is 24.5 Å². The second-order valence-electron chi connectivity index (χ2n) is 6.75. The van der Waals surface area contributed by atoms with Crippen LogP contribution in [-0.4, -0.2) is 73.2 Å². The van der Waals surface area contributed by atoms with Gasteiger partial charge in [-0.3, -0.25) is 9.79 Å². The van der Waals surface area contributed by atoms with Gasteiger partial charge in [0.1, 0.15) is 0 Å². The predicted octanol–water partition coefficient (Wildman–Crippen LogP) is 1.96. The van der Waals surface area contributed by atoms with Crippen LogP contribution in [0.1, 0.15) is 23.0 Å². The van der Waals surface area contributed by atoms with Crippen LogP contribution in [-0.2, 0) is 6.42 Å². The zero-order valence-corrected chi connectivity index (χ0v) is 16.9. The Morgan fingerprint density at radius 3 is 2.66 bits per heavy atom. The monoisotopic (exact) mass is 400 g/mol. The fraction of sp³-hybridized carbons (Fsp3) is 0.429. The summed E-state index contributed by atoms with van der Waals surface area (Å²) < 4.78 is 10.4. The van der Waals surface area contributed by atoms with Crippen molar-refractivity contribution in [3.8, 4) is 11.5 Å². The van der Waals surface area contributed by atoms with Gasteiger partial charge >= 0.3 is 0 Å². The van der Waals surface area contributed by atoms with Crippen molar-refractivity contribution in [1.82, 2.24) is 15.1 Å². The second kappa shape index (κ2) is 9.86. The molecule has 2 heterocycles. The van der Waals surface area contributed by atoms with Gasteiger partial charge in [-0.2, -0.15) is 0 Å². The standard InChI is InChI=1S/C21H28N4O4/c1-3-22-21(23-9-8-16-6-7-17(26)19(15-16)28-2)25-12-10-24(11-13-25)20(27)18-5-4-14-29-18/h4-7,14-15,26H,3,8-13H2,1-2H3,(H,22,23). The molecule has 8 nitrogen and oxygen atoms in total. The van der Waals surface area contributed by atoms with E-state index in [1.165, 1.54) is 13.4 Å². The van der Waals surface area contributed by atoms with Crippen LogP contribution >= 0.6 is 0 Å². The van der Waals surface area contributed by atoms with Crippen molar-refractivity contribution in [1.29, 1.82) is 0 Å². The highest BCUT2D eigenvalue weighted by molar-refractivity contribution is 5.91. The number of hydrogen-bond acceptors (Lipinski definition) is 5. The lowest BCUT2D eigenvalue weighted by molar-refractivity contribution is 0.0657. The molecule has 0 saturated carbocycles. The van der Waals surface area contributed by atoms with Crippen molar-refractivity contribution in [3.63, 3.8) is 0 Å². The zero-order chi connectivity index (χ0) is 20.6. The Hall–Kier alpha value is -3.16. The van der Waals surface area contributed by atoms with Crippen molar-refractivity contribution in [3.05, 3.63) is 47.9 Å². The van der Waals surface area contributed by atoms with Crippen LogP contribution in [0.3, 0.4) is 0 Å². The summed E-state index contributed by atoms with van der Waals surface area (Å²) in [5.74, 6) is 1.76. The lowest BCUT2D eigenvalue weighted by Gasteiger charge is -2.36. The number of methoxy groups -OCH3 is 1. The quantitative estimate of drug-likeness (QED) is 0.569. The van der Waals surface area contributed by atoms with Gasteiger partial charge in [-0.15, -0.1) is 0 Å². The fourth-order valence-electron chi connectivity index (χ4n) is 3.27. The number of aliphatic imine (C=N–C) groups is 1. The number of nitrogens with zero attached hydrogens (tertiary/aromatic N) is 3. The summed E-state index contributed by atoms with van der Waals surface area (Å²) in [6.07, 6.45) is 2.26. The lowest BCUT2D eigenvalue weighted by Crippen LogP contribution is -2.53. The van der Waals surface area contributed by atoms with E-state index >= 15 is 0 Å². The Balaban J connectivity index is 1.56. The van der Waals surface area contributed by atoms with Crippen molar-refractivity contribution < 1.29 is 19.1 Å². The largest absolute Gasteiger partial charge is 0.504 e. The van der Waals surface area contributed by atoms with Crippen molar-refractivity contribution in [2.24, 2.45) is 4.99 Å². The highest BCUT2D eigenvalue weighted by Crippen LogP contribution is 2.26. The van der Waals surface area contributed by atoms with Crippen molar-refractivity contribution in [2.45, 2.75) is 13.3 Å². The number of ether oxygens (including phenoxy) is 1. The van der Waals surface area contributed by atoms with Gasteiger partial charge < -0.3 is 29.4 Å². The van der Waals surface area contributed by atoms with Gasteiger partial charge in [0, 0.05) is 39.3 Å². The first kappa shape index (κ1) is 20.6. The second-order valence-corrected chi connectivity index (χ2v) is 6.75. The van der Waals surface area contributed by atoms with Crippen molar-refractivity contribution >= 4 is 11.9 Å². The molecule has 0 unspecified atom stereocenters. The summed E-state index contributed by atoms with van der Waals surface area (Å²) in [5.41, 5.74) is 1.05.